The van der Waals surface area contributed by atoms with Crippen LogP contribution in [0, 0.1) is 0 Å². The average molecular weight is 284 g/mol. The zero-order valence-corrected chi connectivity index (χ0v) is 11.0. The van der Waals surface area contributed by atoms with Crippen molar-refractivity contribution in [1.82, 2.24) is 15.3 Å². The van der Waals surface area contributed by atoms with Gasteiger partial charge in [-0.05, 0) is 18.2 Å². The van der Waals surface area contributed by atoms with E-state index in [-0.39, 0.29) is 11.6 Å². The molecule has 2 amide bonds. The smallest absolute Gasteiger partial charge is 0.409 e. The fourth-order valence-electron chi connectivity index (χ4n) is 2.24. The molecule has 7 heteroatoms. The lowest BCUT2D eigenvalue weighted by atomic mass is 10.0. The Morgan fingerprint density at radius 1 is 1.38 bits per heavy atom. The Morgan fingerprint density at radius 2 is 2.24 bits per heavy atom. The Hall–Kier alpha value is -2.96. The third-order valence-corrected chi connectivity index (χ3v) is 3.14. The highest BCUT2D eigenvalue weighted by Crippen LogP contribution is 2.28. The summed E-state index contributed by atoms with van der Waals surface area (Å²) in [7, 11) is 0. The standard InChI is InChI=1S/C14H12N4O3/c19-13-8-7-11(18-14(20)21)12(10-3-1-2-5-15-10)17-9(8)4-6-16-13/h1-3,5,7,18H,4,6H2,(H,16,19)(H,20,21). The molecule has 0 fully saturated rings. The van der Waals surface area contributed by atoms with Crippen LogP contribution in [0.2, 0.25) is 0 Å². The molecule has 0 saturated heterocycles. The highest BCUT2D eigenvalue weighted by Gasteiger charge is 2.22. The van der Waals surface area contributed by atoms with Crippen LogP contribution in [0.25, 0.3) is 11.4 Å². The van der Waals surface area contributed by atoms with Gasteiger partial charge in [-0.15, -0.1) is 0 Å². The third kappa shape index (κ3) is 2.53. The van der Waals surface area contributed by atoms with E-state index in [1.165, 1.54) is 6.07 Å². The molecule has 0 spiro atoms. The quantitative estimate of drug-likeness (QED) is 0.775. The van der Waals surface area contributed by atoms with Crippen LogP contribution in [0.5, 0.6) is 0 Å². The first kappa shape index (κ1) is 13.0. The minimum absolute atomic E-state index is 0.246. The summed E-state index contributed by atoms with van der Waals surface area (Å²) in [6.45, 7) is 0.520. The number of fused-ring (bicyclic) bond motifs is 1. The van der Waals surface area contributed by atoms with Crippen LogP contribution >= 0.6 is 0 Å². The topological polar surface area (TPSA) is 104 Å². The second-order valence-electron chi connectivity index (χ2n) is 4.53. The van der Waals surface area contributed by atoms with E-state index in [0.29, 0.717) is 35.6 Å². The maximum Gasteiger partial charge on any atom is 0.409 e. The average Bonchev–Trinajstić information content (AvgIpc) is 2.48. The van der Waals surface area contributed by atoms with Crippen LogP contribution in [-0.4, -0.2) is 33.6 Å². The van der Waals surface area contributed by atoms with Gasteiger partial charge in [0.05, 0.1) is 22.6 Å². The van der Waals surface area contributed by atoms with Crippen LogP contribution < -0.4 is 10.6 Å². The van der Waals surface area contributed by atoms with Crippen LogP contribution in [0.15, 0.2) is 30.5 Å². The van der Waals surface area contributed by atoms with E-state index in [4.69, 9.17) is 5.11 Å². The van der Waals surface area contributed by atoms with Crippen molar-refractivity contribution in [3.05, 3.63) is 41.7 Å². The first-order valence-electron chi connectivity index (χ1n) is 6.38. The van der Waals surface area contributed by atoms with Crippen molar-refractivity contribution in [2.24, 2.45) is 0 Å². The van der Waals surface area contributed by atoms with Crippen molar-refractivity contribution in [2.45, 2.75) is 6.42 Å². The molecule has 0 radical (unpaired) electrons. The highest BCUT2D eigenvalue weighted by molar-refractivity contribution is 5.99. The monoisotopic (exact) mass is 284 g/mol. The van der Waals surface area contributed by atoms with Crippen molar-refractivity contribution in [3.63, 3.8) is 0 Å². The van der Waals surface area contributed by atoms with E-state index in [9.17, 15) is 9.59 Å². The Balaban J connectivity index is 2.17. The summed E-state index contributed by atoms with van der Waals surface area (Å²) < 4.78 is 0. The van der Waals surface area contributed by atoms with Gasteiger partial charge in [0.1, 0.15) is 5.69 Å². The molecule has 2 aromatic rings. The van der Waals surface area contributed by atoms with E-state index >= 15 is 0 Å². The van der Waals surface area contributed by atoms with Gasteiger partial charge in [-0.2, -0.15) is 0 Å². The molecular weight excluding hydrogens is 272 g/mol. The van der Waals surface area contributed by atoms with Gasteiger partial charge in [0.15, 0.2) is 0 Å². The molecule has 3 heterocycles. The molecule has 0 aromatic carbocycles. The van der Waals surface area contributed by atoms with Crippen LogP contribution in [0.1, 0.15) is 16.1 Å². The van der Waals surface area contributed by atoms with E-state index in [2.05, 4.69) is 20.6 Å². The fourth-order valence-corrected chi connectivity index (χ4v) is 2.24. The van der Waals surface area contributed by atoms with Gasteiger partial charge in [0.25, 0.3) is 5.91 Å². The number of hydrogen-bond donors (Lipinski definition) is 3. The Labute approximate surface area is 120 Å². The Morgan fingerprint density at radius 3 is 2.95 bits per heavy atom. The minimum Gasteiger partial charge on any atom is -0.465 e. The van der Waals surface area contributed by atoms with E-state index in [0.717, 1.165) is 0 Å². The summed E-state index contributed by atoms with van der Waals surface area (Å²) in [5, 5.41) is 13.9. The predicted molar refractivity (Wildman–Crippen MR) is 75.2 cm³/mol. The molecule has 106 valence electrons. The lowest BCUT2D eigenvalue weighted by molar-refractivity contribution is 0.0945. The number of rotatable bonds is 2. The summed E-state index contributed by atoms with van der Waals surface area (Å²) in [6.07, 6.45) is 0.993. The van der Waals surface area contributed by atoms with E-state index in [1.54, 1.807) is 24.4 Å². The Kier molecular flexibility index (Phi) is 3.23. The molecule has 0 unspecified atom stereocenters. The van der Waals surface area contributed by atoms with Crippen LogP contribution in [0.4, 0.5) is 10.5 Å². The number of anilines is 1. The molecule has 7 nitrogen and oxygen atoms in total. The number of nitrogens with zero attached hydrogens (tertiary/aromatic N) is 2. The number of hydrogen-bond acceptors (Lipinski definition) is 4. The third-order valence-electron chi connectivity index (χ3n) is 3.14. The number of nitrogens with one attached hydrogen (secondary N) is 2. The summed E-state index contributed by atoms with van der Waals surface area (Å²) >= 11 is 0. The molecule has 0 saturated carbocycles. The number of amides is 2. The maximum absolute atomic E-state index is 11.8. The fraction of sp³-hybridized carbons (Fsp3) is 0.143. The van der Waals surface area contributed by atoms with Crippen molar-refractivity contribution >= 4 is 17.7 Å². The highest BCUT2D eigenvalue weighted by atomic mass is 16.4. The first-order valence-corrected chi connectivity index (χ1v) is 6.38. The molecule has 3 N–H and O–H groups in total. The normalized spacial score (nSPS) is 13.2. The Bertz CT molecular complexity index is 716. The number of carbonyl (C=O) groups is 2. The molecule has 1 aliphatic rings. The largest absolute Gasteiger partial charge is 0.465 e. The molecule has 2 aromatic heterocycles. The number of pyridine rings is 2. The second-order valence-corrected chi connectivity index (χ2v) is 4.53. The minimum atomic E-state index is -1.22. The van der Waals surface area contributed by atoms with Gasteiger partial charge >= 0.3 is 6.09 Å². The predicted octanol–water partition coefficient (Wildman–Crippen LogP) is 1.52. The zero-order valence-electron chi connectivity index (χ0n) is 11.0. The van der Waals surface area contributed by atoms with Crippen molar-refractivity contribution in [2.75, 3.05) is 11.9 Å². The molecule has 0 aliphatic carbocycles. The van der Waals surface area contributed by atoms with E-state index in [1.807, 2.05) is 0 Å². The molecule has 21 heavy (non-hydrogen) atoms. The van der Waals surface area contributed by atoms with Crippen LogP contribution in [-0.2, 0) is 6.42 Å². The lowest BCUT2D eigenvalue weighted by Gasteiger charge is -2.18. The maximum atomic E-state index is 11.8. The molecule has 3 rings (SSSR count). The zero-order chi connectivity index (χ0) is 14.8. The summed E-state index contributed by atoms with van der Waals surface area (Å²) in [5.41, 5.74) is 2.26. The molecule has 0 bridgehead atoms. The number of aromatic nitrogens is 2. The lowest BCUT2D eigenvalue weighted by Crippen LogP contribution is -2.32. The van der Waals surface area contributed by atoms with E-state index < -0.39 is 6.09 Å². The molecule has 0 atom stereocenters. The number of carbonyl (C=O) groups excluding carboxylic acids is 1. The van der Waals surface area contributed by atoms with Gasteiger partial charge in [-0.1, -0.05) is 6.07 Å². The first-order chi connectivity index (χ1) is 10.1. The van der Waals surface area contributed by atoms with Gasteiger partial charge in [-0.25, -0.2) is 9.78 Å². The second kappa shape index (κ2) is 5.20. The number of carboxylic acid groups (broad SMARTS) is 1. The summed E-state index contributed by atoms with van der Waals surface area (Å²) in [5.74, 6) is -0.246. The SMILES string of the molecule is O=C(O)Nc1cc2c(nc1-c1ccccn1)CCNC2=O. The summed E-state index contributed by atoms with van der Waals surface area (Å²) in [4.78, 5) is 31.4. The van der Waals surface area contributed by atoms with Crippen molar-refractivity contribution < 1.29 is 14.7 Å². The van der Waals surface area contributed by atoms with Gasteiger partial charge in [0, 0.05) is 19.2 Å². The van der Waals surface area contributed by atoms with Gasteiger partial charge in [-0.3, -0.25) is 15.1 Å². The summed E-state index contributed by atoms with van der Waals surface area (Å²) in [6, 6.07) is 6.81. The van der Waals surface area contributed by atoms with Crippen molar-refractivity contribution in [1.29, 1.82) is 0 Å². The van der Waals surface area contributed by atoms with Gasteiger partial charge < -0.3 is 10.4 Å². The molecular formula is C14H12N4O3. The van der Waals surface area contributed by atoms with Gasteiger partial charge in [0.2, 0.25) is 0 Å². The van der Waals surface area contributed by atoms with Crippen molar-refractivity contribution in [3.8, 4) is 11.4 Å². The molecule has 1 aliphatic heterocycles. The van der Waals surface area contributed by atoms with Crippen LogP contribution in [0.3, 0.4) is 0 Å².